The summed E-state index contributed by atoms with van der Waals surface area (Å²) < 4.78 is 5.45. The summed E-state index contributed by atoms with van der Waals surface area (Å²) in [4.78, 5) is 27.3. The average molecular weight is 456 g/mol. The summed E-state index contributed by atoms with van der Waals surface area (Å²) in [6.45, 7) is 1.92. The van der Waals surface area contributed by atoms with Crippen molar-refractivity contribution >= 4 is 46.2 Å². The van der Waals surface area contributed by atoms with Gasteiger partial charge in [0.25, 0.3) is 5.91 Å². The molecule has 2 aromatic rings. The summed E-state index contributed by atoms with van der Waals surface area (Å²) in [5.41, 5.74) is 0.745. The minimum Gasteiger partial charge on any atom is -0.452 e. The van der Waals surface area contributed by atoms with Crippen molar-refractivity contribution in [2.75, 3.05) is 6.61 Å². The molecule has 0 aromatic carbocycles. The molecule has 1 amide bonds. The van der Waals surface area contributed by atoms with Crippen LogP contribution in [0.1, 0.15) is 55.2 Å². The summed E-state index contributed by atoms with van der Waals surface area (Å²) in [7, 11) is 0. The van der Waals surface area contributed by atoms with E-state index in [1.165, 1.54) is 49.9 Å². The lowest BCUT2D eigenvalue weighted by atomic mass is 9.48. The number of ether oxygens (including phenoxy) is 1. The molecule has 1 N–H and O–H groups in total. The van der Waals surface area contributed by atoms with Crippen molar-refractivity contribution in [1.82, 2.24) is 5.32 Å². The number of nitrogens with one attached hydrogen (secondary N) is 1. The molecule has 4 fully saturated rings. The highest BCUT2D eigenvalue weighted by Gasteiger charge is 2.53. The Morgan fingerprint density at radius 1 is 1.10 bits per heavy atom. The molecule has 4 nitrogen and oxygen atoms in total. The second kappa shape index (κ2) is 8.55. The van der Waals surface area contributed by atoms with Gasteiger partial charge in [-0.15, -0.1) is 22.7 Å². The summed E-state index contributed by atoms with van der Waals surface area (Å²) in [6.07, 6.45) is 9.73. The zero-order valence-corrected chi connectivity index (χ0v) is 19.5. The predicted octanol–water partition coefficient (Wildman–Crippen LogP) is 5.61. The van der Waals surface area contributed by atoms with Crippen LogP contribution in [0.4, 0.5) is 0 Å². The molecular weight excluding hydrogens is 426 g/mol. The number of esters is 1. The highest BCUT2D eigenvalue weighted by atomic mass is 32.1. The molecule has 31 heavy (non-hydrogen) atoms. The van der Waals surface area contributed by atoms with E-state index in [4.69, 9.17) is 4.74 Å². The molecule has 0 spiro atoms. The molecule has 1 unspecified atom stereocenters. The summed E-state index contributed by atoms with van der Waals surface area (Å²) in [5, 5.41) is 7.09. The van der Waals surface area contributed by atoms with Gasteiger partial charge in [0.15, 0.2) is 6.61 Å². The van der Waals surface area contributed by atoms with E-state index in [0.717, 1.165) is 27.5 Å². The number of thiophene rings is 2. The van der Waals surface area contributed by atoms with E-state index < -0.39 is 5.97 Å². The van der Waals surface area contributed by atoms with Gasteiger partial charge in [-0.25, -0.2) is 4.79 Å². The first kappa shape index (κ1) is 21.0. The summed E-state index contributed by atoms with van der Waals surface area (Å²) in [6, 6.07) is 7.86. The lowest BCUT2D eigenvalue weighted by Gasteiger charge is -2.59. The normalized spacial score (nSPS) is 30.2. The van der Waals surface area contributed by atoms with Crippen LogP contribution in [-0.2, 0) is 14.3 Å². The van der Waals surface area contributed by atoms with E-state index >= 15 is 0 Å². The van der Waals surface area contributed by atoms with E-state index in [1.807, 2.05) is 41.1 Å². The zero-order chi connectivity index (χ0) is 21.4. The molecule has 4 aliphatic rings. The van der Waals surface area contributed by atoms with Crippen LogP contribution in [0.15, 0.2) is 35.0 Å². The second-order valence-corrected chi connectivity index (χ2v) is 11.6. The Balaban J connectivity index is 1.20. The molecule has 4 saturated carbocycles. The molecule has 0 aliphatic heterocycles. The maximum absolute atomic E-state index is 12.8. The van der Waals surface area contributed by atoms with E-state index in [9.17, 15) is 9.59 Å². The van der Waals surface area contributed by atoms with Crippen LogP contribution in [-0.4, -0.2) is 24.5 Å². The largest absolute Gasteiger partial charge is 0.452 e. The molecule has 2 aromatic heterocycles. The van der Waals surface area contributed by atoms with Crippen LogP contribution < -0.4 is 5.32 Å². The summed E-state index contributed by atoms with van der Waals surface area (Å²) in [5.74, 6) is 1.89. The van der Waals surface area contributed by atoms with Crippen LogP contribution in [0.5, 0.6) is 0 Å². The van der Waals surface area contributed by atoms with Crippen molar-refractivity contribution in [3.63, 3.8) is 0 Å². The third-order valence-electron chi connectivity index (χ3n) is 7.55. The number of carbonyl (C=O) groups excluding carboxylic acids is 2. The van der Waals surface area contributed by atoms with Gasteiger partial charge in [0, 0.05) is 15.8 Å². The van der Waals surface area contributed by atoms with Gasteiger partial charge in [0.2, 0.25) is 0 Å². The van der Waals surface area contributed by atoms with Crippen molar-refractivity contribution < 1.29 is 14.3 Å². The fourth-order valence-electron chi connectivity index (χ4n) is 6.53. The van der Waals surface area contributed by atoms with Gasteiger partial charge in [-0.05, 0) is 97.6 Å². The number of hydrogen-bond donors (Lipinski definition) is 1. The third-order valence-corrected chi connectivity index (χ3v) is 9.27. The van der Waals surface area contributed by atoms with Crippen molar-refractivity contribution in [2.45, 2.75) is 51.5 Å². The lowest BCUT2D eigenvalue weighted by molar-refractivity contribution is -0.144. The number of amides is 1. The summed E-state index contributed by atoms with van der Waals surface area (Å²) >= 11 is 3.06. The molecule has 164 valence electrons. The Labute approximate surface area is 191 Å². The molecule has 4 bridgehead atoms. The van der Waals surface area contributed by atoms with Gasteiger partial charge in [0.05, 0.1) is 5.57 Å². The SMILES string of the molecule is CC(NC(=O)COC(=O)/C(=C/c1cccs1)c1cccs1)C12CC3CC(CC(C3)C1)C2. The van der Waals surface area contributed by atoms with Gasteiger partial charge in [-0.1, -0.05) is 12.1 Å². The van der Waals surface area contributed by atoms with Crippen molar-refractivity contribution in [3.8, 4) is 0 Å². The predicted molar refractivity (Wildman–Crippen MR) is 126 cm³/mol. The Bertz CT molecular complexity index is 926. The van der Waals surface area contributed by atoms with Crippen LogP contribution in [0.2, 0.25) is 0 Å². The fourth-order valence-corrected chi connectivity index (χ4v) is 7.92. The maximum Gasteiger partial charge on any atom is 0.340 e. The molecule has 1 atom stereocenters. The molecule has 0 saturated heterocycles. The quantitative estimate of drug-likeness (QED) is 0.436. The monoisotopic (exact) mass is 455 g/mol. The standard InChI is InChI=1S/C25H29NO3S2/c1-16(25-12-17-8-18(13-25)10-19(9-17)14-25)26-23(27)15-29-24(28)21(22-5-3-7-31-22)11-20-4-2-6-30-20/h2-7,11,16-19H,8-10,12-15H2,1H3,(H,26,27)/b21-11+. The maximum atomic E-state index is 12.8. The minimum atomic E-state index is -0.451. The zero-order valence-electron chi connectivity index (χ0n) is 17.8. The van der Waals surface area contributed by atoms with Gasteiger partial charge < -0.3 is 10.1 Å². The topological polar surface area (TPSA) is 55.4 Å². The third kappa shape index (κ3) is 4.37. The Morgan fingerprint density at radius 3 is 2.32 bits per heavy atom. The smallest absolute Gasteiger partial charge is 0.340 e. The molecule has 2 heterocycles. The first-order chi connectivity index (χ1) is 15.0. The molecule has 4 aliphatic carbocycles. The van der Waals surface area contributed by atoms with Gasteiger partial charge >= 0.3 is 5.97 Å². The number of carbonyl (C=O) groups is 2. The van der Waals surface area contributed by atoms with Crippen molar-refractivity contribution in [3.05, 3.63) is 44.8 Å². The van der Waals surface area contributed by atoms with E-state index in [2.05, 4.69) is 12.2 Å². The minimum absolute atomic E-state index is 0.130. The molecular formula is C25H29NO3S2. The molecule has 6 rings (SSSR count). The lowest BCUT2D eigenvalue weighted by Crippen LogP contribution is -2.56. The van der Waals surface area contributed by atoms with Crippen molar-refractivity contribution in [2.24, 2.45) is 23.2 Å². The molecule has 0 radical (unpaired) electrons. The van der Waals surface area contributed by atoms with E-state index in [0.29, 0.717) is 5.57 Å². The Morgan fingerprint density at radius 2 is 1.74 bits per heavy atom. The van der Waals surface area contributed by atoms with E-state index in [1.54, 1.807) is 11.3 Å². The van der Waals surface area contributed by atoms with Crippen molar-refractivity contribution in [1.29, 1.82) is 0 Å². The van der Waals surface area contributed by atoms with Crippen LogP contribution >= 0.6 is 22.7 Å². The highest BCUT2D eigenvalue weighted by molar-refractivity contribution is 7.12. The van der Waals surface area contributed by atoms with E-state index in [-0.39, 0.29) is 24.0 Å². The number of hydrogen-bond acceptors (Lipinski definition) is 5. The van der Waals surface area contributed by atoms with Crippen LogP contribution in [0.3, 0.4) is 0 Å². The second-order valence-electron chi connectivity index (χ2n) is 9.70. The van der Waals surface area contributed by atoms with Crippen LogP contribution in [0, 0.1) is 23.2 Å². The van der Waals surface area contributed by atoms with Gasteiger partial charge in [-0.3, -0.25) is 4.79 Å². The Kier molecular flexibility index (Phi) is 5.78. The Hall–Kier alpha value is -1.92. The average Bonchev–Trinajstić information content (AvgIpc) is 3.43. The van der Waals surface area contributed by atoms with Gasteiger partial charge in [0.1, 0.15) is 0 Å². The van der Waals surface area contributed by atoms with Crippen LogP contribution in [0.25, 0.3) is 11.6 Å². The first-order valence-corrected chi connectivity index (χ1v) is 13.0. The van der Waals surface area contributed by atoms with Gasteiger partial charge in [-0.2, -0.15) is 0 Å². The molecule has 6 heteroatoms. The first-order valence-electron chi connectivity index (χ1n) is 11.3. The fraction of sp³-hybridized carbons (Fsp3) is 0.520. The number of rotatable bonds is 7. The highest BCUT2D eigenvalue weighted by Crippen LogP contribution is 2.61.